The van der Waals surface area contributed by atoms with Gasteiger partial charge in [0.25, 0.3) is 0 Å². The van der Waals surface area contributed by atoms with Crippen LogP contribution in [0, 0.1) is 12.8 Å². The van der Waals surface area contributed by atoms with E-state index in [0.717, 1.165) is 51.5 Å². The van der Waals surface area contributed by atoms with Crippen molar-refractivity contribution in [2.75, 3.05) is 39.3 Å². The van der Waals surface area contributed by atoms with Gasteiger partial charge < -0.3 is 15.0 Å². The lowest BCUT2D eigenvalue weighted by Crippen LogP contribution is -2.45. The fourth-order valence-corrected chi connectivity index (χ4v) is 3.92. The van der Waals surface area contributed by atoms with Crippen LogP contribution in [-0.4, -0.2) is 44.2 Å². The molecule has 0 spiro atoms. The molecule has 2 unspecified atom stereocenters. The van der Waals surface area contributed by atoms with Gasteiger partial charge in [0, 0.05) is 39.1 Å². The Morgan fingerprint density at radius 3 is 2.03 bits per heavy atom. The van der Waals surface area contributed by atoms with Crippen LogP contribution < -0.4 is 10.1 Å². The Hall–Kier alpha value is -1.84. The Bertz CT molecular complexity index is 705. The highest BCUT2D eigenvalue weighted by Crippen LogP contribution is 2.29. The van der Waals surface area contributed by atoms with Gasteiger partial charge in [-0.1, -0.05) is 96.3 Å². The van der Waals surface area contributed by atoms with E-state index in [1.807, 2.05) is 13.8 Å². The molecule has 2 atom stereocenters. The van der Waals surface area contributed by atoms with Gasteiger partial charge in [-0.25, -0.2) is 0 Å². The summed E-state index contributed by atoms with van der Waals surface area (Å²) in [6.45, 7) is 21.5. The van der Waals surface area contributed by atoms with Crippen LogP contribution in [0.4, 0.5) is 0 Å². The van der Waals surface area contributed by atoms with E-state index < -0.39 is 0 Å². The number of hydrogen-bond donors (Lipinski definition) is 1. The molecule has 2 aromatic carbocycles. The lowest BCUT2D eigenvalue weighted by Gasteiger charge is -2.33. The fraction of sp³-hybridized carbons (Fsp3) is 0.600. The maximum Gasteiger partial charge on any atom is 0.119 e. The molecule has 1 N–H and O–H groups in total. The van der Waals surface area contributed by atoms with Gasteiger partial charge in [0.15, 0.2) is 0 Å². The Kier molecular flexibility index (Phi) is 15.6. The van der Waals surface area contributed by atoms with Crippen LogP contribution in [0.15, 0.2) is 48.5 Å². The summed E-state index contributed by atoms with van der Waals surface area (Å²) in [5, 5.41) is 3.45. The van der Waals surface area contributed by atoms with Crippen molar-refractivity contribution in [3.8, 4) is 5.75 Å². The monoisotopic (exact) mass is 454 g/mol. The van der Waals surface area contributed by atoms with Gasteiger partial charge >= 0.3 is 0 Å². The minimum Gasteiger partial charge on any atom is -0.493 e. The maximum atomic E-state index is 5.99. The van der Waals surface area contributed by atoms with E-state index in [2.05, 4.69) is 93.4 Å². The summed E-state index contributed by atoms with van der Waals surface area (Å²) >= 11 is 0. The van der Waals surface area contributed by atoms with Crippen molar-refractivity contribution in [3.63, 3.8) is 0 Å². The third kappa shape index (κ3) is 11.2. The number of hydrogen-bond acceptors (Lipinski definition) is 3. The molecule has 1 aliphatic heterocycles. The van der Waals surface area contributed by atoms with Gasteiger partial charge in [-0.2, -0.15) is 0 Å². The molecule has 2 aromatic rings. The molecule has 3 nitrogen and oxygen atoms in total. The summed E-state index contributed by atoms with van der Waals surface area (Å²) in [5.74, 6) is 2.24. The molecule has 1 heterocycles. The maximum absolute atomic E-state index is 5.99. The summed E-state index contributed by atoms with van der Waals surface area (Å²) in [7, 11) is 0. The quantitative estimate of drug-likeness (QED) is 0.437. The van der Waals surface area contributed by atoms with Gasteiger partial charge in [-0.15, -0.1) is 0 Å². The third-order valence-corrected chi connectivity index (χ3v) is 6.08. The van der Waals surface area contributed by atoms with Crippen molar-refractivity contribution in [3.05, 3.63) is 65.2 Å². The summed E-state index contributed by atoms with van der Waals surface area (Å²) < 4.78 is 5.99. The molecule has 3 rings (SSSR count). The number of piperazine rings is 1. The highest BCUT2D eigenvalue weighted by Gasteiger charge is 2.22. The van der Waals surface area contributed by atoms with Gasteiger partial charge in [-0.3, -0.25) is 0 Å². The first kappa shape index (κ1) is 29.2. The van der Waals surface area contributed by atoms with Gasteiger partial charge in [0.05, 0.1) is 6.61 Å². The third-order valence-electron chi connectivity index (χ3n) is 6.08. The van der Waals surface area contributed by atoms with Crippen LogP contribution >= 0.6 is 0 Å². The van der Waals surface area contributed by atoms with E-state index in [4.69, 9.17) is 4.74 Å². The minimum absolute atomic E-state index is 0.588. The van der Waals surface area contributed by atoms with Crippen molar-refractivity contribution < 1.29 is 4.74 Å². The van der Waals surface area contributed by atoms with Crippen molar-refractivity contribution >= 4 is 0 Å². The molecule has 33 heavy (non-hydrogen) atoms. The Balaban J connectivity index is 0.00000101. The molecule has 1 aliphatic rings. The number of nitrogens with zero attached hydrogens (tertiary/aromatic N) is 1. The fourth-order valence-electron chi connectivity index (χ4n) is 3.92. The minimum atomic E-state index is 0.588. The van der Waals surface area contributed by atoms with Crippen molar-refractivity contribution in [2.24, 2.45) is 5.92 Å². The van der Waals surface area contributed by atoms with Gasteiger partial charge in [-0.05, 0) is 42.0 Å². The lowest BCUT2D eigenvalue weighted by molar-refractivity contribution is 0.207. The number of rotatable bonds is 9. The number of benzene rings is 2. The van der Waals surface area contributed by atoms with Crippen LogP contribution in [0.2, 0.25) is 0 Å². The van der Waals surface area contributed by atoms with Crippen LogP contribution in [0.5, 0.6) is 5.75 Å². The van der Waals surface area contributed by atoms with Gasteiger partial charge in [0.1, 0.15) is 5.75 Å². The smallest absolute Gasteiger partial charge is 0.119 e. The zero-order chi connectivity index (χ0) is 24.5. The molecule has 1 saturated heterocycles. The van der Waals surface area contributed by atoms with E-state index in [-0.39, 0.29) is 0 Å². The SMILES string of the molecule is CC.CCC.CCC(C)C(CN1CCNCC1)c1ccc(OCCc2ccc(C)cc2)cc1. The predicted octanol–water partition coefficient (Wildman–Crippen LogP) is 7.09. The normalized spacial score (nSPS) is 15.4. The van der Waals surface area contributed by atoms with Crippen LogP contribution in [-0.2, 0) is 6.42 Å². The second-order valence-corrected chi connectivity index (χ2v) is 8.90. The zero-order valence-corrected chi connectivity index (χ0v) is 22.5. The molecule has 3 heteroatoms. The highest BCUT2D eigenvalue weighted by atomic mass is 16.5. The topological polar surface area (TPSA) is 24.5 Å². The highest BCUT2D eigenvalue weighted by molar-refractivity contribution is 5.30. The van der Waals surface area contributed by atoms with E-state index in [1.54, 1.807) is 0 Å². The van der Waals surface area contributed by atoms with E-state index >= 15 is 0 Å². The molecule has 186 valence electrons. The molecule has 0 amide bonds. The Morgan fingerprint density at radius 2 is 1.48 bits per heavy atom. The summed E-state index contributed by atoms with van der Waals surface area (Å²) in [6, 6.07) is 17.6. The van der Waals surface area contributed by atoms with E-state index in [0.29, 0.717) is 11.8 Å². The summed E-state index contributed by atoms with van der Waals surface area (Å²) in [6.07, 6.45) is 3.41. The largest absolute Gasteiger partial charge is 0.493 e. The first-order chi connectivity index (χ1) is 16.1. The number of nitrogens with one attached hydrogen (secondary N) is 1. The molecule has 0 saturated carbocycles. The Morgan fingerprint density at radius 1 is 0.909 bits per heavy atom. The van der Waals surface area contributed by atoms with Gasteiger partial charge in [0.2, 0.25) is 0 Å². The standard InChI is InChI=1S/C25H36N2O.C3H8.C2H6/c1-4-21(3)25(19-27-16-14-26-15-17-27)23-9-11-24(12-10-23)28-18-13-22-7-5-20(2)6-8-22;1-3-2;1-2/h5-12,21,25-26H,4,13-19H2,1-3H3;3H2,1-2H3;1-2H3. The van der Waals surface area contributed by atoms with Crippen molar-refractivity contribution in [1.29, 1.82) is 0 Å². The van der Waals surface area contributed by atoms with Crippen molar-refractivity contribution in [2.45, 2.75) is 73.6 Å². The molecular formula is C30H50N2O. The van der Waals surface area contributed by atoms with E-state index in [9.17, 15) is 0 Å². The average molecular weight is 455 g/mol. The molecule has 0 radical (unpaired) electrons. The summed E-state index contributed by atoms with van der Waals surface area (Å²) in [5.41, 5.74) is 4.07. The van der Waals surface area contributed by atoms with Crippen LogP contribution in [0.25, 0.3) is 0 Å². The second-order valence-electron chi connectivity index (χ2n) is 8.90. The average Bonchev–Trinajstić information content (AvgIpc) is 2.86. The molecule has 0 bridgehead atoms. The van der Waals surface area contributed by atoms with Crippen molar-refractivity contribution in [1.82, 2.24) is 10.2 Å². The van der Waals surface area contributed by atoms with Crippen LogP contribution in [0.1, 0.15) is 77.0 Å². The van der Waals surface area contributed by atoms with E-state index in [1.165, 1.54) is 29.5 Å². The first-order valence-corrected chi connectivity index (χ1v) is 13.3. The number of aryl methyl sites for hydroxylation is 1. The first-order valence-electron chi connectivity index (χ1n) is 13.3. The predicted molar refractivity (Wildman–Crippen MR) is 146 cm³/mol. The molecule has 0 aliphatic carbocycles. The zero-order valence-electron chi connectivity index (χ0n) is 22.5. The summed E-state index contributed by atoms with van der Waals surface area (Å²) in [4.78, 5) is 2.61. The molecular weight excluding hydrogens is 404 g/mol. The number of ether oxygens (including phenoxy) is 1. The van der Waals surface area contributed by atoms with Crippen LogP contribution in [0.3, 0.4) is 0 Å². The molecule has 0 aromatic heterocycles. The molecule has 1 fully saturated rings. The second kappa shape index (κ2) is 17.6. The Labute approximate surface area is 204 Å². The lowest BCUT2D eigenvalue weighted by atomic mass is 9.85.